The normalized spacial score (nSPS) is 8.72. The molecule has 0 aliphatic carbocycles. The van der Waals surface area contributed by atoms with E-state index in [0.29, 0.717) is 18.7 Å². The molecule has 0 heterocycles. The molecule has 25 heavy (non-hydrogen) atoms. The van der Waals surface area contributed by atoms with Crippen molar-refractivity contribution in [2.75, 3.05) is 13.1 Å². The Morgan fingerprint density at radius 1 is 0.840 bits per heavy atom. The lowest BCUT2D eigenvalue weighted by molar-refractivity contribution is 0.0946. The molecule has 5 nitrogen and oxygen atoms in total. The summed E-state index contributed by atoms with van der Waals surface area (Å²) in [4.78, 5) is 23.7. The molecule has 0 spiro atoms. The molecule has 0 bridgehead atoms. The quantitative estimate of drug-likeness (QED) is 0.754. The smallest absolute Gasteiger partial charge is 0.255 e. The van der Waals surface area contributed by atoms with Crippen molar-refractivity contribution in [1.29, 1.82) is 0 Å². The fourth-order valence-corrected chi connectivity index (χ4v) is 2.13. The third kappa shape index (κ3) is 6.10. The van der Waals surface area contributed by atoms with Crippen LogP contribution < -0.4 is 10.6 Å². The van der Waals surface area contributed by atoms with Crippen molar-refractivity contribution in [1.82, 2.24) is 10.6 Å². The van der Waals surface area contributed by atoms with Crippen LogP contribution in [-0.2, 0) is 0 Å². The number of phenolic OH excluding ortho intramolecular Hbond substituents is 1. The van der Waals surface area contributed by atoms with Gasteiger partial charge in [-0.1, -0.05) is 35.8 Å². The summed E-state index contributed by atoms with van der Waals surface area (Å²) in [7, 11) is 0. The van der Waals surface area contributed by atoms with Gasteiger partial charge >= 0.3 is 0 Å². The zero-order valence-electron chi connectivity index (χ0n) is 12.1. The lowest BCUT2D eigenvalue weighted by atomic mass is 10.0. The number of nitrogens with one attached hydrogen (secondary N) is 2. The number of hydrogen-bond acceptors (Lipinski definition) is 3. The summed E-state index contributed by atoms with van der Waals surface area (Å²) >= 11 is 0. The Labute approximate surface area is 152 Å². The van der Waals surface area contributed by atoms with Gasteiger partial charge in [-0.15, -0.1) is 0 Å². The molecule has 0 saturated carbocycles. The average molecular weight is 351 g/mol. The molecule has 0 atom stereocenters. The van der Waals surface area contributed by atoms with Crippen LogP contribution in [0.5, 0.6) is 5.75 Å². The zero-order valence-corrected chi connectivity index (χ0v) is 12.1. The number of fused-ring (bicyclic) bond motifs is 1. The molecule has 2 amide bonds. The highest BCUT2D eigenvalue weighted by molar-refractivity contribution is 6.03. The molecular formula is C20H34N2O3. The molecule has 0 saturated heterocycles. The van der Waals surface area contributed by atoms with Crippen LogP contribution >= 0.6 is 0 Å². The molecule has 142 valence electrons. The number of carbonyl (C=O) groups excluding carboxylic acids is 2. The summed E-state index contributed by atoms with van der Waals surface area (Å²) < 4.78 is 0. The van der Waals surface area contributed by atoms with Gasteiger partial charge in [-0.25, -0.2) is 0 Å². The number of benzene rings is 2. The largest absolute Gasteiger partial charge is 0.507 e. The third-order valence-corrected chi connectivity index (χ3v) is 3.14. The standard InChI is InChI=1S/C16H18N2O3.4CH4/c1-3-17-15(20)11-6-5-10-9-14(19)13(8-12(10)7-11)16(21)18-4-2;;;;/h5-9,19H,3-4H2,1-2H3,(H,17,20)(H,18,21);4*1H4. The predicted molar refractivity (Wildman–Crippen MR) is 109 cm³/mol. The Balaban J connectivity index is -0.00000121. The van der Waals surface area contributed by atoms with E-state index in [2.05, 4.69) is 10.6 Å². The van der Waals surface area contributed by atoms with Crippen LogP contribution in [0.25, 0.3) is 10.8 Å². The molecule has 0 aliphatic rings. The summed E-state index contributed by atoms with van der Waals surface area (Å²) in [5.74, 6) is -0.563. The molecule has 0 fully saturated rings. The molecule has 2 aromatic rings. The maximum absolute atomic E-state index is 11.9. The summed E-state index contributed by atoms with van der Waals surface area (Å²) in [5, 5.41) is 16.8. The summed E-state index contributed by atoms with van der Waals surface area (Å²) in [6.07, 6.45) is 0. The van der Waals surface area contributed by atoms with Gasteiger partial charge in [0.25, 0.3) is 11.8 Å². The number of carbonyl (C=O) groups is 2. The lowest BCUT2D eigenvalue weighted by Gasteiger charge is -2.08. The highest BCUT2D eigenvalue weighted by Gasteiger charge is 2.13. The first-order valence-corrected chi connectivity index (χ1v) is 6.90. The van der Waals surface area contributed by atoms with E-state index in [1.54, 1.807) is 24.3 Å². The number of aromatic hydroxyl groups is 1. The van der Waals surface area contributed by atoms with Crippen LogP contribution in [0.15, 0.2) is 30.3 Å². The predicted octanol–water partition coefficient (Wildman–Crippen LogP) is 4.59. The molecule has 2 aromatic carbocycles. The van der Waals surface area contributed by atoms with Crippen molar-refractivity contribution in [3.8, 4) is 5.75 Å². The minimum absolute atomic E-state index is 0. The molecule has 2 rings (SSSR count). The maximum Gasteiger partial charge on any atom is 0.255 e. The summed E-state index contributed by atoms with van der Waals surface area (Å²) in [5.41, 5.74) is 0.731. The Kier molecular flexibility index (Phi) is 13.0. The molecular weight excluding hydrogens is 316 g/mol. The first kappa shape index (κ1) is 27.3. The van der Waals surface area contributed by atoms with Crippen molar-refractivity contribution in [2.24, 2.45) is 0 Å². The second-order valence-electron chi connectivity index (χ2n) is 4.65. The van der Waals surface area contributed by atoms with Crippen LogP contribution in [-0.4, -0.2) is 30.0 Å². The second-order valence-corrected chi connectivity index (χ2v) is 4.65. The molecule has 3 N–H and O–H groups in total. The van der Waals surface area contributed by atoms with Gasteiger partial charge in [0, 0.05) is 18.7 Å². The van der Waals surface area contributed by atoms with Crippen LogP contribution in [0.3, 0.4) is 0 Å². The molecule has 5 heteroatoms. The number of amides is 2. The fourth-order valence-electron chi connectivity index (χ4n) is 2.13. The van der Waals surface area contributed by atoms with E-state index in [1.807, 2.05) is 13.8 Å². The van der Waals surface area contributed by atoms with Crippen LogP contribution in [0, 0.1) is 0 Å². The van der Waals surface area contributed by atoms with Crippen molar-refractivity contribution in [3.05, 3.63) is 41.5 Å². The van der Waals surface area contributed by atoms with E-state index in [1.165, 1.54) is 6.07 Å². The molecule has 0 radical (unpaired) electrons. The van der Waals surface area contributed by atoms with E-state index in [-0.39, 0.29) is 52.8 Å². The SMILES string of the molecule is C.C.C.C.CCNC(=O)c1ccc2cc(O)c(C(=O)NCC)cc2c1. The van der Waals surface area contributed by atoms with Crippen LogP contribution in [0.4, 0.5) is 0 Å². The van der Waals surface area contributed by atoms with E-state index in [0.717, 1.165) is 10.8 Å². The summed E-state index contributed by atoms with van der Waals surface area (Å²) in [6.45, 7) is 4.69. The van der Waals surface area contributed by atoms with Crippen molar-refractivity contribution >= 4 is 22.6 Å². The first-order chi connectivity index (χ1) is 10.1. The van der Waals surface area contributed by atoms with Gasteiger partial charge in [-0.3, -0.25) is 9.59 Å². The van der Waals surface area contributed by atoms with Crippen molar-refractivity contribution in [3.63, 3.8) is 0 Å². The highest BCUT2D eigenvalue weighted by Crippen LogP contribution is 2.26. The lowest BCUT2D eigenvalue weighted by Crippen LogP contribution is -2.23. The van der Waals surface area contributed by atoms with Gasteiger partial charge in [0.2, 0.25) is 0 Å². The monoisotopic (exact) mass is 350 g/mol. The minimum Gasteiger partial charge on any atom is -0.507 e. The maximum atomic E-state index is 11.9. The Bertz CT molecular complexity index is 697. The Morgan fingerprint density at radius 2 is 1.40 bits per heavy atom. The second kappa shape index (κ2) is 11.9. The van der Waals surface area contributed by atoms with Crippen molar-refractivity contribution < 1.29 is 14.7 Å². The topological polar surface area (TPSA) is 78.4 Å². The van der Waals surface area contributed by atoms with E-state index in [4.69, 9.17) is 0 Å². The third-order valence-electron chi connectivity index (χ3n) is 3.14. The van der Waals surface area contributed by atoms with Crippen molar-refractivity contribution in [2.45, 2.75) is 43.6 Å². The molecule has 0 aliphatic heterocycles. The van der Waals surface area contributed by atoms with Gasteiger partial charge in [0.05, 0.1) is 5.56 Å². The Morgan fingerprint density at radius 3 is 1.96 bits per heavy atom. The van der Waals surface area contributed by atoms with Gasteiger partial charge in [-0.2, -0.15) is 0 Å². The zero-order chi connectivity index (χ0) is 15.4. The number of rotatable bonds is 4. The fraction of sp³-hybridized carbons (Fsp3) is 0.400. The van der Waals surface area contributed by atoms with E-state index in [9.17, 15) is 14.7 Å². The average Bonchev–Trinajstić information content (AvgIpc) is 2.46. The summed E-state index contributed by atoms with van der Waals surface area (Å²) in [6, 6.07) is 8.28. The van der Waals surface area contributed by atoms with Crippen LogP contribution in [0.1, 0.15) is 64.3 Å². The minimum atomic E-state index is -0.333. The Hall–Kier alpha value is -2.56. The van der Waals surface area contributed by atoms with Gasteiger partial charge in [0.1, 0.15) is 5.75 Å². The van der Waals surface area contributed by atoms with Gasteiger partial charge < -0.3 is 15.7 Å². The highest BCUT2D eigenvalue weighted by atomic mass is 16.3. The van der Waals surface area contributed by atoms with Gasteiger partial charge in [0.15, 0.2) is 0 Å². The number of hydrogen-bond donors (Lipinski definition) is 3. The molecule has 0 unspecified atom stereocenters. The first-order valence-electron chi connectivity index (χ1n) is 6.90. The van der Waals surface area contributed by atoms with E-state index < -0.39 is 0 Å². The van der Waals surface area contributed by atoms with Gasteiger partial charge in [-0.05, 0) is 48.9 Å². The van der Waals surface area contributed by atoms with Crippen LogP contribution in [0.2, 0.25) is 0 Å². The number of phenols is 1. The molecule has 0 aromatic heterocycles. The van der Waals surface area contributed by atoms with E-state index >= 15 is 0 Å².